The molecule has 0 aliphatic carbocycles. The number of pyridine rings is 1. The Labute approximate surface area is 121 Å². The number of rotatable bonds is 4. The molecule has 1 aromatic rings. The maximum atomic E-state index is 11.4. The third-order valence-electron chi connectivity index (χ3n) is 2.02. The molecule has 7 heteroatoms. The van der Waals surface area contributed by atoms with E-state index in [1.54, 1.807) is 12.4 Å². The van der Waals surface area contributed by atoms with Crippen LogP contribution in [0.1, 0.15) is 20.8 Å². The van der Waals surface area contributed by atoms with Crippen molar-refractivity contribution in [2.75, 3.05) is 24.1 Å². The number of nitrogens with two attached hydrogens (primary N) is 1. The normalized spacial score (nSPS) is 10.9. The van der Waals surface area contributed by atoms with Gasteiger partial charge in [0.15, 0.2) is 0 Å². The van der Waals surface area contributed by atoms with Gasteiger partial charge in [0.25, 0.3) is 0 Å². The molecule has 0 aromatic carbocycles. The van der Waals surface area contributed by atoms with Crippen LogP contribution in [0.5, 0.6) is 0 Å². The molecule has 4 N–H and O–H groups in total. The Morgan fingerprint density at radius 1 is 1.42 bits per heavy atom. The summed E-state index contributed by atoms with van der Waals surface area (Å²) in [7, 11) is 0. The Balaban J connectivity index is 2.34. The van der Waals surface area contributed by atoms with Crippen molar-refractivity contribution < 1.29 is 9.53 Å². The van der Waals surface area contributed by atoms with Gasteiger partial charge >= 0.3 is 6.09 Å². The van der Waals surface area contributed by atoms with Crippen LogP contribution in [-0.2, 0) is 4.74 Å². The zero-order valence-corrected chi connectivity index (χ0v) is 12.9. The predicted molar refractivity (Wildman–Crippen MR) is 79.1 cm³/mol. The number of hydrogen-bond acceptors (Lipinski definition) is 5. The molecular formula is C12H19BrN4O2. The number of nitrogens with zero attached hydrogens (tertiary/aromatic N) is 1. The van der Waals surface area contributed by atoms with Crippen molar-refractivity contribution in [2.24, 2.45) is 0 Å². The van der Waals surface area contributed by atoms with Crippen LogP contribution in [0.25, 0.3) is 0 Å². The number of nitrogen functional groups attached to an aromatic ring is 1. The number of halogens is 1. The summed E-state index contributed by atoms with van der Waals surface area (Å²) in [6.45, 7) is 6.42. The number of ether oxygens (including phenoxy) is 1. The van der Waals surface area contributed by atoms with Gasteiger partial charge in [-0.05, 0) is 36.7 Å². The van der Waals surface area contributed by atoms with E-state index >= 15 is 0 Å². The van der Waals surface area contributed by atoms with Gasteiger partial charge in [-0.25, -0.2) is 4.79 Å². The van der Waals surface area contributed by atoms with E-state index in [9.17, 15) is 4.79 Å². The number of amides is 1. The van der Waals surface area contributed by atoms with Crippen LogP contribution < -0.4 is 16.4 Å². The first-order chi connectivity index (χ1) is 8.79. The summed E-state index contributed by atoms with van der Waals surface area (Å²) in [5.74, 6) is 0. The summed E-state index contributed by atoms with van der Waals surface area (Å²) in [6.07, 6.45) is 2.78. The maximum absolute atomic E-state index is 11.4. The third kappa shape index (κ3) is 5.78. The molecule has 1 heterocycles. The Morgan fingerprint density at radius 2 is 2.11 bits per heavy atom. The zero-order valence-electron chi connectivity index (χ0n) is 11.3. The maximum Gasteiger partial charge on any atom is 0.407 e. The number of carbonyl (C=O) groups excluding carboxylic acids is 1. The van der Waals surface area contributed by atoms with E-state index in [0.717, 1.165) is 10.2 Å². The van der Waals surface area contributed by atoms with Crippen molar-refractivity contribution in [3.05, 3.63) is 16.9 Å². The molecule has 19 heavy (non-hydrogen) atoms. The number of aromatic nitrogens is 1. The molecule has 0 bridgehead atoms. The summed E-state index contributed by atoms with van der Waals surface area (Å²) < 4.78 is 5.90. The van der Waals surface area contributed by atoms with Crippen molar-refractivity contribution in [2.45, 2.75) is 26.4 Å². The van der Waals surface area contributed by atoms with Gasteiger partial charge in [0, 0.05) is 19.3 Å². The van der Waals surface area contributed by atoms with Gasteiger partial charge in [-0.15, -0.1) is 0 Å². The second kappa shape index (κ2) is 6.60. The molecule has 0 radical (unpaired) electrons. The molecule has 106 valence electrons. The standard InChI is InChI=1S/C12H19BrN4O2/c1-12(2,3)19-11(18)17-5-4-16-10-8(13)6-15-7-9(10)14/h6-7H,4-5,14H2,1-3H3,(H,15,16)(H,17,18). The van der Waals surface area contributed by atoms with Crippen molar-refractivity contribution >= 4 is 33.4 Å². The van der Waals surface area contributed by atoms with Gasteiger partial charge in [-0.1, -0.05) is 0 Å². The molecule has 6 nitrogen and oxygen atoms in total. The smallest absolute Gasteiger partial charge is 0.407 e. The number of carbonyl (C=O) groups is 1. The van der Waals surface area contributed by atoms with Gasteiger partial charge in [0.2, 0.25) is 0 Å². The molecule has 0 saturated heterocycles. The molecule has 1 rings (SSSR count). The minimum atomic E-state index is -0.490. The lowest BCUT2D eigenvalue weighted by molar-refractivity contribution is 0.0530. The van der Waals surface area contributed by atoms with Gasteiger partial charge in [0.1, 0.15) is 5.60 Å². The predicted octanol–water partition coefficient (Wildman–Crippen LogP) is 2.36. The first-order valence-corrected chi connectivity index (χ1v) is 6.68. The minimum absolute atomic E-state index is 0.434. The lowest BCUT2D eigenvalue weighted by atomic mass is 10.2. The Morgan fingerprint density at radius 3 is 2.68 bits per heavy atom. The lowest BCUT2D eigenvalue weighted by Crippen LogP contribution is -2.35. The highest BCUT2D eigenvalue weighted by atomic mass is 79.9. The molecule has 0 aliphatic heterocycles. The molecule has 1 aromatic heterocycles. The second-order valence-corrected chi connectivity index (χ2v) is 5.80. The van der Waals surface area contributed by atoms with Gasteiger partial charge in [-0.2, -0.15) is 0 Å². The highest BCUT2D eigenvalue weighted by Gasteiger charge is 2.15. The van der Waals surface area contributed by atoms with E-state index in [-0.39, 0.29) is 0 Å². The minimum Gasteiger partial charge on any atom is -0.444 e. The first-order valence-electron chi connectivity index (χ1n) is 5.89. The molecule has 0 saturated carbocycles. The number of nitrogens with one attached hydrogen (secondary N) is 2. The van der Waals surface area contributed by atoms with Gasteiger partial charge in [0.05, 0.1) is 22.0 Å². The van der Waals surface area contributed by atoms with E-state index in [2.05, 4.69) is 31.5 Å². The molecule has 0 atom stereocenters. The number of hydrogen-bond donors (Lipinski definition) is 3. The molecule has 0 spiro atoms. The van der Waals surface area contributed by atoms with Crippen LogP contribution in [0.3, 0.4) is 0 Å². The fourth-order valence-electron chi connectivity index (χ4n) is 1.30. The Kier molecular flexibility index (Phi) is 5.41. The topological polar surface area (TPSA) is 89.3 Å². The van der Waals surface area contributed by atoms with Crippen LogP contribution in [0.2, 0.25) is 0 Å². The summed E-state index contributed by atoms with van der Waals surface area (Å²) >= 11 is 3.35. The fourth-order valence-corrected chi connectivity index (χ4v) is 1.79. The van der Waals surface area contributed by atoms with Crippen LogP contribution in [0.15, 0.2) is 16.9 Å². The largest absolute Gasteiger partial charge is 0.444 e. The van der Waals surface area contributed by atoms with Crippen molar-refractivity contribution in [1.29, 1.82) is 0 Å². The average molecular weight is 331 g/mol. The molecule has 0 unspecified atom stereocenters. The van der Waals surface area contributed by atoms with E-state index in [1.165, 1.54) is 0 Å². The first kappa shape index (κ1) is 15.6. The quantitative estimate of drug-likeness (QED) is 0.737. The van der Waals surface area contributed by atoms with Crippen LogP contribution in [0, 0.1) is 0 Å². The van der Waals surface area contributed by atoms with Gasteiger partial charge in [-0.3, -0.25) is 4.98 Å². The molecule has 0 fully saturated rings. The van der Waals surface area contributed by atoms with Crippen molar-refractivity contribution in [3.63, 3.8) is 0 Å². The monoisotopic (exact) mass is 330 g/mol. The van der Waals surface area contributed by atoms with Crippen LogP contribution in [0.4, 0.5) is 16.2 Å². The fraction of sp³-hybridized carbons (Fsp3) is 0.500. The van der Waals surface area contributed by atoms with Crippen molar-refractivity contribution in [1.82, 2.24) is 10.3 Å². The average Bonchev–Trinajstić information content (AvgIpc) is 2.25. The number of alkyl carbamates (subject to hydrolysis) is 1. The summed E-state index contributed by atoms with van der Waals surface area (Å²) in [4.78, 5) is 15.3. The molecule has 1 amide bonds. The summed E-state index contributed by atoms with van der Waals surface area (Å²) in [5.41, 5.74) is 6.60. The Hall–Kier alpha value is -1.50. The highest BCUT2D eigenvalue weighted by Crippen LogP contribution is 2.26. The third-order valence-corrected chi connectivity index (χ3v) is 2.63. The SMILES string of the molecule is CC(C)(C)OC(=O)NCCNc1c(N)cncc1Br. The van der Waals surface area contributed by atoms with E-state index in [1.807, 2.05) is 20.8 Å². The molecular weight excluding hydrogens is 312 g/mol. The summed E-state index contributed by atoms with van der Waals surface area (Å²) in [6, 6.07) is 0. The van der Waals surface area contributed by atoms with E-state index in [4.69, 9.17) is 10.5 Å². The van der Waals surface area contributed by atoms with E-state index in [0.29, 0.717) is 18.8 Å². The van der Waals surface area contributed by atoms with E-state index < -0.39 is 11.7 Å². The summed E-state index contributed by atoms with van der Waals surface area (Å²) in [5, 5.41) is 5.77. The van der Waals surface area contributed by atoms with Crippen LogP contribution in [-0.4, -0.2) is 29.8 Å². The molecule has 0 aliphatic rings. The highest BCUT2D eigenvalue weighted by molar-refractivity contribution is 9.10. The zero-order chi connectivity index (χ0) is 14.5. The van der Waals surface area contributed by atoms with Crippen molar-refractivity contribution in [3.8, 4) is 0 Å². The number of anilines is 2. The van der Waals surface area contributed by atoms with Gasteiger partial charge < -0.3 is 21.1 Å². The Bertz CT molecular complexity index is 426. The van der Waals surface area contributed by atoms with Crippen LogP contribution >= 0.6 is 15.9 Å². The lowest BCUT2D eigenvalue weighted by Gasteiger charge is -2.19. The second-order valence-electron chi connectivity index (χ2n) is 4.94.